The highest BCUT2D eigenvalue weighted by molar-refractivity contribution is 7.17. The highest BCUT2D eigenvalue weighted by Crippen LogP contribution is 2.29. The van der Waals surface area contributed by atoms with Crippen LogP contribution in [0, 0.1) is 5.82 Å². The molecule has 2 N–H and O–H groups in total. The van der Waals surface area contributed by atoms with Crippen molar-refractivity contribution in [2.24, 2.45) is 0 Å². The van der Waals surface area contributed by atoms with Crippen molar-refractivity contribution < 1.29 is 19.0 Å². The first-order valence-electron chi connectivity index (χ1n) is 6.41. The van der Waals surface area contributed by atoms with Gasteiger partial charge in [0.2, 0.25) is 0 Å². The smallest absolute Gasteiger partial charge is 0.261 e. The van der Waals surface area contributed by atoms with E-state index in [1.807, 2.05) is 0 Å². The van der Waals surface area contributed by atoms with Crippen LogP contribution in [-0.4, -0.2) is 37.4 Å². The van der Waals surface area contributed by atoms with Crippen LogP contribution >= 0.6 is 11.3 Å². The van der Waals surface area contributed by atoms with Crippen LogP contribution in [0.2, 0.25) is 0 Å². The van der Waals surface area contributed by atoms with Gasteiger partial charge in [0, 0.05) is 24.1 Å². The lowest BCUT2D eigenvalue weighted by Gasteiger charge is -2.09. The van der Waals surface area contributed by atoms with Gasteiger partial charge in [-0.3, -0.25) is 4.79 Å². The SMILES string of the molecule is COCC(O)CNC(=O)c1ccc(-c2ccccc2F)s1. The third kappa shape index (κ3) is 4.10. The molecular weight excluding hydrogens is 293 g/mol. The second-order valence-corrected chi connectivity index (χ2v) is 5.55. The van der Waals surface area contributed by atoms with E-state index in [0.717, 1.165) is 0 Å². The molecule has 0 aliphatic rings. The van der Waals surface area contributed by atoms with Crippen molar-refractivity contribution in [3.63, 3.8) is 0 Å². The first kappa shape index (κ1) is 15.6. The fraction of sp³-hybridized carbons (Fsp3) is 0.267. The zero-order valence-electron chi connectivity index (χ0n) is 11.5. The molecule has 1 aromatic carbocycles. The number of amides is 1. The highest BCUT2D eigenvalue weighted by atomic mass is 32.1. The summed E-state index contributed by atoms with van der Waals surface area (Å²) < 4.78 is 18.5. The van der Waals surface area contributed by atoms with Gasteiger partial charge in [-0.05, 0) is 18.2 Å². The van der Waals surface area contributed by atoms with Crippen LogP contribution in [0.1, 0.15) is 9.67 Å². The fourth-order valence-corrected chi connectivity index (χ4v) is 2.76. The molecule has 4 nitrogen and oxygen atoms in total. The van der Waals surface area contributed by atoms with Crippen LogP contribution in [0.4, 0.5) is 4.39 Å². The van der Waals surface area contributed by atoms with Gasteiger partial charge in [0.05, 0.1) is 17.6 Å². The Bertz CT molecular complexity index is 614. The Kier molecular flexibility index (Phi) is 5.44. The van der Waals surface area contributed by atoms with Gasteiger partial charge in [-0.15, -0.1) is 11.3 Å². The van der Waals surface area contributed by atoms with Gasteiger partial charge in [-0.1, -0.05) is 18.2 Å². The lowest BCUT2D eigenvalue weighted by molar-refractivity contribution is 0.0611. The quantitative estimate of drug-likeness (QED) is 0.861. The molecule has 1 unspecified atom stereocenters. The maximum absolute atomic E-state index is 13.7. The molecule has 0 bridgehead atoms. The maximum atomic E-state index is 13.7. The van der Waals surface area contributed by atoms with Crippen molar-refractivity contribution in [3.05, 3.63) is 47.1 Å². The van der Waals surface area contributed by atoms with Crippen LogP contribution < -0.4 is 5.32 Å². The lowest BCUT2D eigenvalue weighted by atomic mass is 10.2. The molecule has 6 heteroatoms. The number of hydrogen-bond acceptors (Lipinski definition) is 4. The molecule has 0 saturated carbocycles. The Labute approximate surface area is 126 Å². The Balaban J connectivity index is 2.03. The van der Waals surface area contributed by atoms with Crippen LogP contribution in [0.15, 0.2) is 36.4 Å². The van der Waals surface area contributed by atoms with E-state index in [1.165, 1.54) is 24.5 Å². The molecule has 1 heterocycles. The first-order chi connectivity index (χ1) is 10.1. The van der Waals surface area contributed by atoms with Gasteiger partial charge in [0.15, 0.2) is 0 Å². The van der Waals surface area contributed by atoms with E-state index in [1.54, 1.807) is 30.3 Å². The topological polar surface area (TPSA) is 58.6 Å². The van der Waals surface area contributed by atoms with Gasteiger partial charge >= 0.3 is 0 Å². The second kappa shape index (κ2) is 7.31. The van der Waals surface area contributed by atoms with Crippen molar-refractivity contribution in [1.82, 2.24) is 5.32 Å². The molecule has 2 aromatic rings. The highest BCUT2D eigenvalue weighted by Gasteiger charge is 2.13. The summed E-state index contributed by atoms with van der Waals surface area (Å²) in [5.41, 5.74) is 0.473. The maximum Gasteiger partial charge on any atom is 0.261 e. The first-order valence-corrected chi connectivity index (χ1v) is 7.23. The predicted octanol–water partition coefficient (Wildman–Crippen LogP) is 2.29. The summed E-state index contributed by atoms with van der Waals surface area (Å²) in [6.07, 6.45) is -0.745. The lowest BCUT2D eigenvalue weighted by Crippen LogP contribution is -2.33. The fourth-order valence-electron chi connectivity index (χ4n) is 1.81. The third-order valence-corrected chi connectivity index (χ3v) is 3.94. The standard InChI is InChI=1S/C15H16FNO3S/c1-20-9-10(18)8-17-15(19)14-7-6-13(21-14)11-4-2-3-5-12(11)16/h2-7,10,18H,8-9H2,1H3,(H,17,19). The molecule has 0 aliphatic carbocycles. The molecule has 0 fully saturated rings. The van der Waals surface area contributed by atoms with E-state index in [-0.39, 0.29) is 24.9 Å². The number of aliphatic hydroxyl groups excluding tert-OH is 1. The second-order valence-electron chi connectivity index (χ2n) is 4.46. The number of benzene rings is 1. The number of ether oxygens (including phenoxy) is 1. The molecule has 0 spiro atoms. The van der Waals surface area contributed by atoms with Crippen molar-refractivity contribution in [1.29, 1.82) is 0 Å². The molecule has 112 valence electrons. The Morgan fingerprint density at radius 2 is 2.14 bits per heavy atom. The summed E-state index contributed by atoms with van der Waals surface area (Å²) in [6, 6.07) is 9.78. The average molecular weight is 309 g/mol. The summed E-state index contributed by atoms with van der Waals surface area (Å²) in [5, 5.41) is 12.1. The van der Waals surface area contributed by atoms with Crippen LogP contribution in [-0.2, 0) is 4.74 Å². The third-order valence-electron chi connectivity index (χ3n) is 2.83. The number of carbonyl (C=O) groups is 1. The Morgan fingerprint density at radius 3 is 2.86 bits per heavy atom. The van der Waals surface area contributed by atoms with Crippen molar-refractivity contribution in [2.75, 3.05) is 20.3 Å². The van der Waals surface area contributed by atoms with Crippen LogP contribution in [0.5, 0.6) is 0 Å². The molecule has 1 amide bonds. The minimum absolute atomic E-state index is 0.111. The van der Waals surface area contributed by atoms with Crippen molar-refractivity contribution in [2.45, 2.75) is 6.10 Å². The summed E-state index contributed by atoms with van der Waals surface area (Å²) in [6.45, 7) is 0.269. The number of methoxy groups -OCH3 is 1. The van der Waals surface area contributed by atoms with Gasteiger partial charge in [-0.2, -0.15) is 0 Å². The van der Waals surface area contributed by atoms with E-state index < -0.39 is 6.10 Å². The number of halogens is 1. The zero-order valence-corrected chi connectivity index (χ0v) is 12.3. The van der Waals surface area contributed by atoms with Gasteiger partial charge < -0.3 is 15.2 Å². The molecular formula is C15H16FNO3S. The Morgan fingerprint density at radius 1 is 1.38 bits per heavy atom. The van der Waals surface area contributed by atoms with Gasteiger partial charge in [0.25, 0.3) is 5.91 Å². The molecule has 0 saturated heterocycles. The minimum atomic E-state index is -0.745. The van der Waals surface area contributed by atoms with Crippen molar-refractivity contribution >= 4 is 17.2 Å². The monoisotopic (exact) mass is 309 g/mol. The van der Waals surface area contributed by atoms with Gasteiger partial charge in [0.1, 0.15) is 5.82 Å². The largest absolute Gasteiger partial charge is 0.389 e. The summed E-state index contributed by atoms with van der Waals surface area (Å²) in [7, 11) is 1.48. The van der Waals surface area contributed by atoms with E-state index >= 15 is 0 Å². The van der Waals surface area contributed by atoms with E-state index in [0.29, 0.717) is 15.3 Å². The molecule has 0 aliphatic heterocycles. The van der Waals surface area contributed by atoms with Crippen LogP contribution in [0.25, 0.3) is 10.4 Å². The number of carbonyl (C=O) groups excluding carboxylic acids is 1. The van der Waals surface area contributed by atoms with Crippen molar-refractivity contribution in [3.8, 4) is 10.4 Å². The molecule has 2 rings (SSSR count). The number of hydrogen-bond donors (Lipinski definition) is 2. The molecule has 21 heavy (non-hydrogen) atoms. The van der Waals surface area contributed by atoms with E-state index in [4.69, 9.17) is 4.74 Å². The molecule has 1 atom stereocenters. The number of nitrogens with one attached hydrogen (secondary N) is 1. The van der Waals surface area contributed by atoms with Crippen LogP contribution in [0.3, 0.4) is 0 Å². The average Bonchev–Trinajstić information content (AvgIpc) is 2.95. The number of aliphatic hydroxyl groups is 1. The Hall–Kier alpha value is -1.76. The summed E-state index contributed by atoms with van der Waals surface area (Å²) >= 11 is 1.21. The summed E-state index contributed by atoms with van der Waals surface area (Å²) in [5.74, 6) is -0.612. The number of thiophene rings is 1. The number of rotatable bonds is 6. The van der Waals surface area contributed by atoms with E-state index in [2.05, 4.69) is 5.32 Å². The molecule has 1 aromatic heterocycles. The molecule has 0 radical (unpaired) electrons. The van der Waals surface area contributed by atoms with Gasteiger partial charge in [-0.25, -0.2) is 4.39 Å². The summed E-state index contributed by atoms with van der Waals surface area (Å²) in [4.78, 5) is 13.1. The normalized spacial score (nSPS) is 12.1. The van der Waals surface area contributed by atoms with E-state index in [9.17, 15) is 14.3 Å². The predicted molar refractivity (Wildman–Crippen MR) is 79.9 cm³/mol. The minimum Gasteiger partial charge on any atom is -0.389 e. The zero-order chi connectivity index (χ0) is 15.2.